The number of alkyl carbamates (subject to hydrolysis) is 1. The predicted octanol–water partition coefficient (Wildman–Crippen LogP) is 8.09. The lowest BCUT2D eigenvalue weighted by Gasteiger charge is -2.29. The molecule has 0 radical (unpaired) electrons. The molecule has 2 aliphatic heterocycles. The summed E-state index contributed by atoms with van der Waals surface area (Å²) in [5.74, 6) is 1.41. The van der Waals surface area contributed by atoms with Crippen molar-refractivity contribution in [1.82, 2.24) is 49.9 Å². The van der Waals surface area contributed by atoms with E-state index in [2.05, 4.69) is 72.5 Å². The minimum Gasteiger partial charge on any atom is -0.465 e. The van der Waals surface area contributed by atoms with Crippen molar-refractivity contribution in [3.05, 3.63) is 103 Å². The first-order chi connectivity index (χ1) is 35.3. The smallest absolute Gasteiger partial charge is 0.407 e. The van der Waals surface area contributed by atoms with Crippen molar-refractivity contribution in [2.45, 2.75) is 77.5 Å². The summed E-state index contributed by atoms with van der Waals surface area (Å²) in [5.41, 5.74) is 7.99. The van der Waals surface area contributed by atoms with E-state index in [1.54, 1.807) is 24.0 Å². The van der Waals surface area contributed by atoms with Gasteiger partial charge in [-0.2, -0.15) is 0 Å². The first-order valence-corrected chi connectivity index (χ1v) is 25.0. The molecule has 19 heteroatoms. The number of amides is 4. The normalized spacial score (nSPS) is 16.5. The van der Waals surface area contributed by atoms with Crippen LogP contribution in [0.2, 0.25) is 0 Å². The van der Waals surface area contributed by atoms with Crippen molar-refractivity contribution in [2.24, 2.45) is 11.8 Å². The number of pyridine rings is 1. The van der Waals surface area contributed by atoms with E-state index in [-0.39, 0.29) is 35.7 Å². The molecule has 4 atom stereocenters. The van der Waals surface area contributed by atoms with Crippen LogP contribution >= 0.6 is 0 Å². The highest BCUT2D eigenvalue weighted by Gasteiger charge is 2.39. The van der Waals surface area contributed by atoms with Gasteiger partial charge in [-0.1, -0.05) is 76.2 Å². The number of methoxy groups -OCH3 is 3. The van der Waals surface area contributed by atoms with Crippen LogP contribution in [0.5, 0.6) is 0 Å². The van der Waals surface area contributed by atoms with Crippen LogP contribution < -0.4 is 15.5 Å². The Morgan fingerprint density at radius 2 is 1.14 bits per heavy atom. The van der Waals surface area contributed by atoms with Crippen LogP contribution in [0, 0.1) is 11.8 Å². The van der Waals surface area contributed by atoms with E-state index in [1.165, 1.54) is 7.11 Å². The Kier molecular flexibility index (Phi) is 16.6. The van der Waals surface area contributed by atoms with Gasteiger partial charge in [0.1, 0.15) is 29.6 Å². The number of carbonyl (C=O) groups is 4. The van der Waals surface area contributed by atoms with Gasteiger partial charge in [-0.25, -0.2) is 24.5 Å². The minimum atomic E-state index is -1.23. The largest absolute Gasteiger partial charge is 0.465 e. The highest BCUT2D eigenvalue weighted by molar-refractivity contribution is 5.87. The van der Waals surface area contributed by atoms with Crippen LogP contribution in [-0.4, -0.2) is 141 Å². The van der Waals surface area contributed by atoms with Crippen LogP contribution in [0.4, 0.5) is 15.4 Å². The summed E-state index contributed by atoms with van der Waals surface area (Å²) in [6.45, 7) is 11.0. The third-order valence-electron chi connectivity index (χ3n) is 13.8. The molecule has 0 aliphatic carbocycles. The molecular weight excluding hydrogens is 931 g/mol. The highest BCUT2D eigenvalue weighted by Crippen LogP contribution is 2.37. The number of carbonyl (C=O) groups excluding carboxylic acids is 3. The molecule has 8 rings (SSSR count). The lowest BCUT2D eigenvalue weighted by Crippen LogP contribution is -2.51. The molecular formula is C54H67N11O8. The van der Waals surface area contributed by atoms with Gasteiger partial charge in [0.2, 0.25) is 11.8 Å². The number of aromatic amines is 2. The number of benzene rings is 2. The lowest BCUT2D eigenvalue weighted by molar-refractivity contribution is -0.136. The Morgan fingerprint density at radius 3 is 1.55 bits per heavy atom. The molecule has 2 fully saturated rings. The maximum Gasteiger partial charge on any atom is 0.407 e. The van der Waals surface area contributed by atoms with Crippen LogP contribution in [-0.2, 0) is 23.8 Å². The standard InChI is InChI=1S/C54H67N11O8/c1-33(2)47(60-53(68)69)51(66)63-24-8-10-44(63)49-56-31-40(58-49)35-12-16-37(17-13-35)42-21-22-43(65(42)39-20-23-46(55-30-39)62(26-28-71-5)27-29-72-6)38-18-14-36(15-19-38)41-32-57-50(59-41)45-11-9-25-64(45)52(67)48(34(3)4)61-54(70)73-7/h12-23,30-34,44-45,47-48,60H,8-11,24-29H2,1-7H3,(H,56,58)(H,57,59)(H,61,70)(H,68,69)/t44-,45-,47-,48-/m0/s1. The van der Waals surface area contributed by atoms with E-state index in [4.69, 9.17) is 29.2 Å². The summed E-state index contributed by atoms with van der Waals surface area (Å²) < 4.78 is 17.8. The zero-order chi connectivity index (χ0) is 51.8. The van der Waals surface area contributed by atoms with E-state index in [9.17, 15) is 24.3 Å². The van der Waals surface area contributed by atoms with Gasteiger partial charge in [-0.05, 0) is 72.9 Å². The van der Waals surface area contributed by atoms with Gasteiger partial charge in [0.25, 0.3) is 0 Å². The zero-order valence-electron chi connectivity index (χ0n) is 42.6. The van der Waals surface area contributed by atoms with Gasteiger partial charge in [0, 0.05) is 63.9 Å². The predicted molar refractivity (Wildman–Crippen MR) is 277 cm³/mol. The number of ether oxygens (including phenoxy) is 3. The molecule has 2 aliphatic rings. The molecule has 2 aromatic carbocycles. The number of nitrogens with one attached hydrogen (secondary N) is 4. The number of anilines is 1. The van der Waals surface area contributed by atoms with Crippen molar-refractivity contribution < 1.29 is 38.5 Å². The summed E-state index contributed by atoms with van der Waals surface area (Å²) in [5, 5.41) is 14.6. The van der Waals surface area contributed by atoms with E-state index in [0.29, 0.717) is 51.0 Å². The molecule has 5 N–H and O–H groups in total. The molecule has 4 amide bonds. The molecule has 0 bridgehead atoms. The third kappa shape index (κ3) is 11.6. The second-order valence-corrected chi connectivity index (χ2v) is 19.2. The SMILES string of the molecule is COCCN(CCOC)c1ccc(-n2c(-c3ccc(-c4c[nH]c([C@@H]5CCCN5C(=O)[C@@H](NC(=O)O)C(C)C)n4)cc3)ccc2-c2ccc(-c3c[nH]c([C@@H]4CCCN4C(=O)[C@@H](NC(=O)OC)C(C)C)n3)cc2)cn1. The quantitative estimate of drug-likeness (QED) is 0.0490. The van der Waals surface area contributed by atoms with Gasteiger partial charge in [-0.3, -0.25) is 9.59 Å². The van der Waals surface area contributed by atoms with Crippen LogP contribution in [0.1, 0.15) is 77.1 Å². The van der Waals surface area contributed by atoms with Crippen molar-refractivity contribution in [3.63, 3.8) is 0 Å². The Hall–Kier alpha value is -7.51. The van der Waals surface area contributed by atoms with Crippen LogP contribution in [0.3, 0.4) is 0 Å². The van der Waals surface area contributed by atoms with Gasteiger partial charge < -0.3 is 59.2 Å². The lowest BCUT2D eigenvalue weighted by atomic mass is 10.0. The average Bonchev–Trinajstić information content (AvgIpc) is 4.27. The molecule has 0 saturated carbocycles. The summed E-state index contributed by atoms with van der Waals surface area (Å²) in [6, 6.07) is 22.7. The number of H-pyrrole nitrogens is 2. The summed E-state index contributed by atoms with van der Waals surface area (Å²) in [4.78, 5) is 78.3. The van der Waals surface area contributed by atoms with Crippen molar-refractivity contribution in [1.29, 1.82) is 0 Å². The topological polar surface area (TPSA) is 225 Å². The number of aromatic nitrogens is 6. The second-order valence-electron chi connectivity index (χ2n) is 19.2. The van der Waals surface area contributed by atoms with Gasteiger partial charge >= 0.3 is 12.2 Å². The van der Waals surface area contributed by atoms with Crippen molar-refractivity contribution in [3.8, 4) is 50.7 Å². The number of carboxylic acid groups (broad SMARTS) is 1. The fourth-order valence-corrected chi connectivity index (χ4v) is 9.87. The summed E-state index contributed by atoms with van der Waals surface area (Å²) >= 11 is 0. The maximum absolute atomic E-state index is 13.8. The molecule has 386 valence electrons. The summed E-state index contributed by atoms with van der Waals surface area (Å²) in [6.07, 6.45) is 6.82. The van der Waals surface area contributed by atoms with Gasteiger partial charge in [-0.15, -0.1) is 0 Å². The van der Waals surface area contributed by atoms with E-state index in [1.807, 2.05) is 76.6 Å². The molecule has 19 nitrogen and oxygen atoms in total. The van der Waals surface area contributed by atoms with E-state index >= 15 is 0 Å². The Morgan fingerprint density at radius 1 is 0.671 bits per heavy atom. The third-order valence-corrected chi connectivity index (χ3v) is 13.8. The van der Waals surface area contributed by atoms with Crippen molar-refractivity contribution >= 4 is 29.8 Å². The first-order valence-electron chi connectivity index (χ1n) is 25.0. The van der Waals surface area contributed by atoms with Gasteiger partial charge in [0.05, 0.1) is 67.1 Å². The fourth-order valence-electron chi connectivity index (χ4n) is 9.87. The number of likely N-dealkylation sites (tertiary alicyclic amines) is 2. The average molecular weight is 998 g/mol. The second kappa shape index (κ2) is 23.4. The van der Waals surface area contributed by atoms with Gasteiger partial charge in [0.15, 0.2) is 0 Å². The molecule has 0 spiro atoms. The fraction of sp³-hybridized carbons (Fsp3) is 0.426. The maximum atomic E-state index is 13.8. The van der Waals surface area contributed by atoms with E-state index in [0.717, 1.165) is 82.2 Å². The number of imidazole rings is 2. The number of rotatable bonds is 20. The first kappa shape index (κ1) is 51.8. The molecule has 73 heavy (non-hydrogen) atoms. The zero-order valence-corrected chi connectivity index (χ0v) is 42.6. The molecule has 2 saturated heterocycles. The molecule has 6 aromatic rings. The molecule has 4 aromatic heterocycles. The Bertz CT molecular complexity index is 2810. The molecule has 0 unspecified atom stereocenters. The highest BCUT2D eigenvalue weighted by atomic mass is 16.5. The Labute approximate surface area is 425 Å². The minimum absolute atomic E-state index is 0.136. The monoisotopic (exact) mass is 998 g/mol. The number of nitrogens with zero attached hydrogens (tertiary/aromatic N) is 7. The van der Waals surface area contributed by atoms with E-state index < -0.39 is 24.3 Å². The van der Waals surface area contributed by atoms with Crippen molar-refractivity contribution in [2.75, 3.05) is 65.6 Å². The van der Waals surface area contributed by atoms with Crippen LogP contribution in [0.15, 0.2) is 91.4 Å². The van der Waals surface area contributed by atoms with Crippen LogP contribution in [0.25, 0.3) is 50.7 Å². The Balaban J connectivity index is 1.07. The number of hydrogen-bond donors (Lipinski definition) is 5. The molecule has 6 heterocycles. The summed E-state index contributed by atoms with van der Waals surface area (Å²) in [7, 11) is 4.66. The number of hydrogen-bond acceptors (Lipinski definition) is 11.